The number of hydrogen-bond donors (Lipinski definition) is 1. The minimum absolute atomic E-state index is 0.778. The van der Waals surface area contributed by atoms with E-state index in [0.29, 0.717) is 0 Å². The van der Waals surface area contributed by atoms with Crippen LogP contribution in [0.2, 0.25) is 0 Å². The number of nitrogens with one attached hydrogen (secondary N) is 1. The van der Waals surface area contributed by atoms with Crippen molar-refractivity contribution >= 4 is 0 Å². The van der Waals surface area contributed by atoms with E-state index in [4.69, 9.17) is 0 Å². The summed E-state index contributed by atoms with van der Waals surface area (Å²) in [4.78, 5) is 0. The topological polar surface area (TPSA) is 47.7 Å². The maximum absolute atomic E-state index is 4.06. The average molecular weight is 219 g/mol. The summed E-state index contributed by atoms with van der Waals surface area (Å²) >= 11 is 0. The van der Waals surface area contributed by atoms with Crippen molar-refractivity contribution in [3.63, 3.8) is 0 Å². The van der Waals surface area contributed by atoms with E-state index in [1.54, 1.807) is 4.68 Å². The van der Waals surface area contributed by atoms with Crippen LogP contribution in [0.3, 0.4) is 0 Å². The van der Waals surface area contributed by atoms with Crippen LogP contribution in [0.25, 0.3) is 0 Å². The molecule has 0 radical (unpaired) electrons. The lowest BCUT2D eigenvalue weighted by molar-refractivity contribution is 0.707. The summed E-state index contributed by atoms with van der Waals surface area (Å²) in [5.74, 6) is 0. The molecule has 0 amide bonds. The van der Waals surface area contributed by atoms with Gasteiger partial charge in [-0.15, -0.1) is 5.10 Å². The van der Waals surface area contributed by atoms with E-state index in [1.807, 2.05) is 13.2 Å². The van der Waals surface area contributed by atoms with E-state index in [0.717, 1.165) is 25.3 Å². The van der Waals surface area contributed by atoms with Gasteiger partial charge in [0.2, 0.25) is 0 Å². The van der Waals surface area contributed by atoms with E-state index in [1.165, 1.54) is 5.56 Å². The molecule has 2 heterocycles. The van der Waals surface area contributed by atoms with Crippen LogP contribution in [-0.2, 0) is 20.1 Å². The highest BCUT2D eigenvalue weighted by Crippen LogP contribution is 2.03. The number of nitrogens with zero attached hydrogens (tertiary/aromatic N) is 4. The SMILES string of the molecule is CCNCc1ccn(Cc2cn(C)nn2)c1. The van der Waals surface area contributed by atoms with E-state index in [2.05, 4.69) is 45.6 Å². The van der Waals surface area contributed by atoms with Crippen molar-refractivity contribution in [3.8, 4) is 0 Å². The van der Waals surface area contributed by atoms with E-state index >= 15 is 0 Å². The molecule has 5 nitrogen and oxygen atoms in total. The molecule has 5 heteroatoms. The molecule has 0 fully saturated rings. The second kappa shape index (κ2) is 4.94. The van der Waals surface area contributed by atoms with Crippen LogP contribution in [0, 0.1) is 0 Å². The third kappa shape index (κ3) is 2.70. The van der Waals surface area contributed by atoms with Gasteiger partial charge in [0.05, 0.1) is 6.54 Å². The number of hydrogen-bond acceptors (Lipinski definition) is 3. The van der Waals surface area contributed by atoms with E-state index in [-0.39, 0.29) is 0 Å². The van der Waals surface area contributed by atoms with Crippen LogP contribution in [-0.4, -0.2) is 26.1 Å². The van der Waals surface area contributed by atoms with Crippen LogP contribution in [0.15, 0.2) is 24.7 Å². The zero-order valence-corrected chi connectivity index (χ0v) is 9.72. The first-order valence-electron chi connectivity index (χ1n) is 5.48. The highest BCUT2D eigenvalue weighted by Gasteiger charge is 2.00. The van der Waals surface area contributed by atoms with E-state index < -0.39 is 0 Å². The van der Waals surface area contributed by atoms with Crippen molar-refractivity contribution in [1.82, 2.24) is 24.9 Å². The Kier molecular flexibility index (Phi) is 3.36. The molecule has 86 valence electrons. The Morgan fingerprint density at radius 1 is 1.38 bits per heavy atom. The van der Waals surface area contributed by atoms with Crippen LogP contribution in [0.4, 0.5) is 0 Å². The molecule has 0 unspecified atom stereocenters. The molecule has 0 saturated carbocycles. The summed E-state index contributed by atoms with van der Waals surface area (Å²) in [6.45, 7) is 4.80. The fourth-order valence-electron chi connectivity index (χ4n) is 1.62. The highest BCUT2D eigenvalue weighted by molar-refractivity contribution is 5.11. The van der Waals surface area contributed by atoms with Crippen molar-refractivity contribution in [2.24, 2.45) is 7.05 Å². The molecule has 0 aliphatic rings. The van der Waals surface area contributed by atoms with Gasteiger partial charge in [0.1, 0.15) is 5.69 Å². The van der Waals surface area contributed by atoms with Gasteiger partial charge in [-0.1, -0.05) is 12.1 Å². The fraction of sp³-hybridized carbons (Fsp3) is 0.455. The molecule has 0 aromatic carbocycles. The zero-order chi connectivity index (χ0) is 11.4. The van der Waals surface area contributed by atoms with Crippen LogP contribution >= 0.6 is 0 Å². The molecular formula is C11H17N5. The third-order valence-corrected chi connectivity index (χ3v) is 2.39. The second-order valence-electron chi connectivity index (χ2n) is 3.86. The number of rotatable bonds is 5. The predicted molar refractivity (Wildman–Crippen MR) is 61.9 cm³/mol. The van der Waals surface area contributed by atoms with Gasteiger partial charge in [0, 0.05) is 32.2 Å². The van der Waals surface area contributed by atoms with Gasteiger partial charge < -0.3 is 9.88 Å². The molecule has 1 N–H and O–H groups in total. The molecule has 16 heavy (non-hydrogen) atoms. The summed E-state index contributed by atoms with van der Waals surface area (Å²) < 4.78 is 3.84. The highest BCUT2D eigenvalue weighted by atomic mass is 15.4. The Morgan fingerprint density at radius 2 is 2.25 bits per heavy atom. The maximum atomic E-state index is 4.06. The predicted octanol–water partition coefficient (Wildman–Crippen LogP) is 0.774. The van der Waals surface area contributed by atoms with Crippen LogP contribution < -0.4 is 5.32 Å². The van der Waals surface area contributed by atoms with Crippen molar-refractivity contribution in [2.45, 2.75) is 20.0 Å². The van der Waals surface area contributed by atoms with E-state index in [9.17, 15) is 0 Å². The minimum atomic E-state index is 0.778. The molecular weight excluding hydrogens is 202 g/mol. The third-order valence-electron chi connectivity index (χ3n) is 2.39. The minimum Gasteiger partial charge on any atom is -0.348 e. The Balaban J connectivity index is 1.97. The van der Waals surface area contributed by atoms with Gasteiger partial charge in [-0.3, -0.25) is 4.68 Å². The smallest absolute Gasteiger partial charge is 0.102 e. The first-order valence-corrected chi connectivity index (χ1v) is 5.48. The summed E-state index contributed by atoms with van der Waals surface area (Å²) in [5.41, 5.74) is 2.28. The van der Waals surface area contributed by atoms with Crippen molar-refractivity contribution in [1.29, 1.82) is 0 Å². The van der Waals surface area contributed by atoms with Crippen LogP contribution in [0.5, 0.6) is 0 Å². The Hall–Kier alpha value is -1.62. The standard InChI is InChI=1S/C11H17N5/c1-3-12-6-10-4-5-16(7-10)9-11-8-15(2)14-13-11/h4-5,7-8,12H,3,6,9H2,1-2H3. The molecule has 0 bridgehead atoms. The molecule has 0 aliphatic carbocycles. The lowest BCUT2D eigenvalue weighted by Crippen LogP contribution is -2.11. The molecule has 2 rings (SSSR count). The largest absolute Gasteiger partial charge is 0.348 e. The van der Waals surface area contributed by atoms with Crippen molar-refractivity contribution in [3.05, 3.63) is 35.9 Å². The Morgan fingerprint density at radius 3 is 2.94 bits per heavy atom. The Bertz CT molecular complexity index is 443. The monoisotopic (exact) mass is 219 g/mol. The van der Waals surface area contributed by atoms with Gasteiger partial charge in [0.15, 0.2) is 0 Å². The number of aryl methyl sites for hydroxylation is 1. The second-order valence-corrected chi connectivity index (χ2v) is 3.86. The normalized spacial score (nSPS) is 10.9. The van der Waals surface area contributed by atoms with Gasteiger partial charge in [0.25, 0.3) is 0 Å². The number of aromatic nitrogens is 4. The zero-order valence-electron chi connectivity index (χ0n) is 9.72. The molecule has 0 atom stereocenters. The molecule has 0 spiro atoms. The quantitative estimate of drug-likeness (QED) is 0.808. The molecule has 2 aromatic rings. The maximum Gasteiger partial charge on any atom is 0.102 e. The summed E-state index contributed by atoms with van der Waals surface area (Å²) in [5, 5.41) is 11.3. The van der Waals surface area contributed by atoms with Gasteiger partial charge >= 0.3 is 0 Å². The first-order chi connectivity index (χ1) is 7.78. The van der Waals surface area contributed by atoms with Gasteiger partial charge in [-0.2, -0.15) is 0 Å². The molecule has 0 aliphatic heterocycles. The summed E-state index contributed by atoms with van der Waals surface area (Å²) in [6, 6.07) is 2.12. The lowest BCUT2D eigenvalue weighted by Gasteiger charge is -1.99. The van der Waals surface area contributed by atoms with Gasteiger partial charge in [-0.05, 0) is 18.2 Å². The first kappa shape index (κ1) is 10.9. The Labute approximate surface area is 95.1 Å². The van der Waals surface area contributed by atoms with Crippen molar-refractivity contribution in [2.75, 3.05) is 6.54 Å². The summed E-state index contributed by atoms with van der Waals surface area (Å²) in [6.07, 6.45) is 6.14. The lowest BCUT2D eigenvalue weighted by atomic mass is 10.3. The van der Waals surface area contributed by atoms with Gasteiger partial charge in [-0.25, -0.2) is 0 Å². The van der Waals surface area contributed by atoms with Crippen LogP contribution in [0.1, 0.15) is 18.2 Å². The fourth-order valence-corrected chi connectivity index (χ4v) is 1.62. The average Bonchev–Trinajstić information content (AvgIpc) is 2.86. The van der Waals surface area contributed by atoms with Crippen molar-refractivity contribution < 1.29 is 0 Å². The molecule has 0 saturated heterocycles. The summed E-state index contributed by atoms with van der Waals surface area (Å²) in [7, 11) is 1.88. The molecule has 2 aromatic heterocycles.